The molecular formula is C36H64O8. The van der Waals surface area contributed by atoms with Crippen molar-refractivity contribution in [3.8, 4) is 0 Å². The second kappa shape index (κ2) is 21.7. The molecule has 8 heteroatoms. The molecule has 0 bridgehead atoms. The van der Waals surface area contributed by atoms with E-state index >= 15 is 0 Å². The van der Waals surface area contributed by atoms with Crippen molar-refractivity contribution in [3.63, 3.8) is 0 Å². The number of aliphatic hydroxyl groups excluding tert-OH is 3. The second-order valence-corrected chi connectivity index (χ2v) is 13.7. The predicted molar refractivity (Wildman–Crippen MR) is 172 cm³/mol. The average molecular weight is 625 g/mol. The van der Waals surface area contributed by atoms with E-state index in [4.69, 9.17) is 18.9 Å². The van der Waals surface area contributed by atoms with Crippen LogP contribution < -0.4 is 0 Å². The molecule has 0 aromatic carbocycles. The van der Waals surface area contributed by atoms with Crippen LogP contribution in [0.1, 0.15) is 155 Å². The Balaban J connectivity index is 1.20. The van der Waals surface area contributed by atoms with E-state index in [1.807, 2.05) is 6.92 Å². The first-order chi connectivity index (χ1) is 21.4. The van der Waals surface area contributed by atoms with E-state index < -0.39 is 24.4 Å². The molecule has 0 spiro atoms. The Kier molecular flexibility index (Phi) is 18.5. The Morgan fingerprint density at radius 2 is 1.48 bits per heavy atom. The summed E-state index contributed by atoms with van der Waals surface area (Å²) in [5.41, 5.74) is 0.586. The van der Waals surface area contributed by atoms with Gasteiger partial charge in [-0.2, -0.15) is 0 Å². The zero-order valence-electron chi connectivity index (χ0n) is 27.8. The number of unbranched alkanes of at least 4 members (excludes halogenated alkanes) is 13. The van der Waals surface area contributed by atoms with Gasteiger partial charge in [0.05, 0.1) is 36.6 Å². The lowest BCUT2D eigenvalue weighted by Gasteiger charge is -2.25. The Labute approximate surface area is 267 Å². The molecule has 0 saturated carbocycles. The van der Waals surface area contributed by atoms with Crippen molar-refractivity contribution in [1.82, 2.24) is 0 Å². The zero-order valence-corrected chi connectivity index (χ0v) is 27.8. The van der Waals surface area contributed by atoms with Gasteiger partial charge in [-0.25, -0.2) is 4.79 Å². The Hall–Kier alpha value is -1.03. The summed E-state index contributed by atoms with van der Waals surface area (Å²) in [5.74, 6) is -0.306. The highest BCUT2D eigenvalue weighted by molar-refractivity contribution is 5.90. The molecule has 0 amide bonds. The predicted octanol–water partition coefficient (Wildman–Crippen LogP) is 7.05. The SMILES string of the molecule is CCCCCCCCCCCCCC[C@H](O)[C@@H]1C[C@@H](O)[C@@H]([C@@H]2CC[C@H](CCCCC[C@@H](O)CC3=C[C@H](C)OC3=O)OCO2)O1. The lowest BCUT2D eigenvalue weighted by atomic mass is 9.97. The van der Waals surface area contributed by atoms with Crippen LogP contribution in [-0.2, 0) is 23.7 Å². The smallest absolute Gasteiger partial charge is 0.334 e. The summed E-state index contributed by atoms with van der Waals surface area (Å²) in [6.45, 7) is 4.28. The van der Waals surface area contributed by atoms with Gasteiger partial charge in [-0.3, -0.25) is 0 Å². The van der Waals surface area contributed by atoms with Gasteiger partial charge in [0.1, 0.15) is 19.0 Å². The highest BCUT2D eigenvalue weighted by atomic mass is 16.7. The standard InChI is InChI=1S/C36H64O8/c1-3-4-5-6-7-8-9-10-11-12-13-17-20-31(38)34-25-32(39)35(44-34)33-22-21-30(41-26-42-33)19-16-14-15-18-29(37)24-28-23-27(2)43-36(28)40/h23,27,29-35,37-39H,3-22,24-26H2,1-2H3/t27-,29+,30-,31-,32+,33-,34-,35-/m0/s1. The van der Waals surface area contributed by atoms with Gasteiger partial charge in [-0.1, -0.05) is 103 Å². The number of esters is 1. The minimum absolute atomic E-state index is 0.107. The molecule has 3 heterocycles. The molecule has 8 atom stereocenters. The molecule has 3 aliphatic heterocycles. The number of cyclic esters (lactones) is 1. The molecule has 3 N–H and O–H groups in total. The van der Waals surface area contributed by atoms with Crippen molar-refractivity contribution >= 4 is 5.97 Å². The van der Waals surface area contributed by atoms with Gasteiger partial charge in [-0.15, -0.1) is 0 Å². The van der Waals surface area contributed by atoms with Gasteiger partial charge in [0.15, 0.2) is 0 Å². The van der Waals surface area contributed by atoms with Gasteiger partial charge < -0.3 is 34.3 Å². The van der Waals surface area contributed by atoms with Crippen LogP contribution in [-0.4, -0.2) is 76.9 Å². The zero-order chi connectivity index (χ0) is 31.6. The van der Waals surface area contributed by atoms with E-state index in [1.54, 1.807) is 6.08 Å². The number of carbonyl (C=O) groups is 1. The van der Waals surface area contributed by atoms with Crippen molar-refractivity contribution in [3.05, 3.63) is 11.6 Å². The fourth-order valence-electron chi connectivity index (χ4n) is 6.98. The first-order valence-corrected chi connectivity index (χ1v) is 18.2. The van der Waals surface area contributed by atoms with Crippen molar-refractivity contribution < 1.29 is 39.1 Å². The monoisotopic (exact) mass is 624 g/mol. The fraction of sp³-hybridized carbons (Fsp3) is 0.917. The van der Waals surface area contributed by atoms with Crippen LogP contribution in [0.25, 0.3) is 0 Å². The number of carbonyl (C=O) groups excluding carboxylic acids is 1. The number of rotatable bonds is 23. The summed E-state index contributed by atoms with van der Waals surface area (Å²) in [7, 11) is 0. The van der Waals surface area contributed by atoms with Gasteiger partial charge in [0.2, 0.25) is 0 Å². The van der Waals surface area contributed by atoms with E-state index in [2.05, 4.69) is 6.92 Å². The third-order valence-corrected chi connectivity index (χ3v) is 9.70. The molecule has 256 valence electrons. The van der Waals surface area contributed by atoms with E-state index in [0.717, 1.165) is 57.8 Å². The van der Waals surface area contributed by atoms with Crippen molar-refractivity contribution in [2.45, 2.75) is 204 Å². The Morgan fingerprint density at radius 1 is 0.841 bits per heavy atom. The van der Waals surface area contributed by atoms with Crippen LogP contribution in [0, 0.1) is 0 Å². The van der Waals surface area contributed by atoms with Crippen molar-refractivity contribution in [1.29, 1.82) is 0 Å². The molecule has 2 fully saturated rings. The molecule has 0 unspecified atom stereocenters. The maximum Gasteiger partial charge on any atom is 0.334 e. The molecule has 2 saturated heterocycles. The Bertz CT molecular complexity index is 803. The van der Waals surface area contributed by atoms with Crippen LogP contribution >= 0.6 is 0 Å². The summed E-state index contributed by atoms with van der Waals surface area (Å²) in [6, 6.07) is 0. The van der Waals surface area contributed by atoms with E-state index in [1.165, 1.54) is 64.2 Å². The van der Waals surface area contributed by atoms with Crippen LogP contribution in [0.5, 0.6) is 0 Å². The number of ether oxygens (including phenoxy) is 4. The summed E-state index contributed by atoms with van der Waals surface area (Å²) in [6.07, 6.45) is 22.2. The van der Waals surface area contributed by atoms with E-state index in [0.29, 0.717) is 24.8 Å². The molecule has 8 nitrogen and oxygen atoms in total. The molecular weight excluding hydrogens is 560 g/mol. The summed E-state index contributed by atoms with van der Waals surface area (Å²) < 4.78 is 23.2. The first kappa shape index (κ1) is 37.4. The molecule has 0 radical (unpaired) electrons. The Morgan fingerprint density at radius 3 is 2.14 bits per heavy atom. The molecule has 0 aromatic heterocycles. The molecule has 0 aliphatic carbocycles. The first-order valence-electron chi connectivity index (χ1n) is 18.2. The maximum absolute atomic E-state index is 11.7. The van der Waals surface area contributed by atoms with Crippen LogP contribution in [0.15, 0.2) is 11.6 Å². The minimum Gasteiger partial charge on any atom is -0.455 e. The van der Waals surface area contributed by atoms with E-state index in [9.17, 15) is 20.1 Å². The molecule has 0 aromatic rings. The van der Waals surface area contributed by atoms with Crippen LogP contribution in [0.2, 0.25) is 0 Å². The molecule has 3 aliphatic rings. The van der Waals surface area contributed by atoms with Crippen molar-refractivity contribution in [2.24, 2.45) is 0 Å². The number of aliphatic hydroxyl groups is 3. The van der Waals surface area contributed by atoms with Gasteiger partial charge >= 0.3 is 5.97 Å². The van der Waals surface area contributed by atoms with Crippen molar-refractivity contribution in [2.75, 3.05) is 6.79 Å². The lowest BCUT2D eigenvalue weighted by Crippen LogP contribution is -2.37. The van der Waals surface area contributed by atoms with Gasteiger partial charge in [0.25, 0.3) is 0 Å². The van der Waals surface area contributed by atoms with Crippen LogP contribution in [0.4, 0.5) is 0 Å². The largest absolute Gasteiger partial charge is 0.455 e. The average Bonchev–Trinajstić information content (AvgIpc) is 3.44. The topological polar surface area (TPSA) is 115 Å². The van der Waals surface area contributed by atoms with E-state index in [-0.39, 0.29) is 37.2 Å². The van der Waals surface area contributed by atoms with Crippen LogP contribution in [0.3, 0.4) is 0 Å². The maximum atomic E-state index is 11.7. The quantitative estimate of drug-likeness (QED) is 0.0818. The summed E-state index contributed by atoms with van der Waals surface area (Å²) >= 11 is 0. The molecule has 44 heavy (non-hydrogen) atoms. The van der Waals surface area contributed by atoms with Gasteiger partial charge in [0, 0.05) is 18.4 Å². The second-order valence-electron chi connectivity index (χ2n) is 13.7. The van der Waals surface area contributed by atoms with Gasteiger partial charge in [-0.05, 0) is 45.1 Å². The summed E-state index contributed by atoms with van der Waals surface area (Å²) in [5, 5.41) is 31.8. The lowest BCUT2D eigenvalue weighted by molar-refractivity contribution is -0.150. The minimum atomic E-state index is -0.630. The highest BCUT2D eigenvalue weighted by Gasteiger charge is 2.42. The summed E-state index contributed by atoms with van der Waals surface area (Å²) in [4.78, 5) is 11.7. The molecule has 3 rings (SSSR count). The third-order valence-electron chi connectivity index (χ3n) is 9.70. The normalized spacial score (nSPS) is 28.9. The number of hydrogen-bond donors (Lipinski definition) is 3. The third kappa shape index (κ3) is 14.2. The highest BCUT2D eigenvalue weighted by Crippen LogP contribution is 2.32. The fourth-order valence-corrected chi connectivity index (χ4v) is 6.98. The number of hydrogen-bond acceptors (Lipinski definition) is 8.